The summed E-state index contributed by atoms with van der Waals surface area (Å²) < 4.78 is 17.7. The van der Waals surface area contributed by atoms with Crippen molar-refractivity contribution >= 4 is 40.6 Å². The van der Waals surface area contributed by atoms with Gasteiger partial charge >= 0.3 is 0 Å². The monoisotopic (exact) mass is 511 g/mol. The van der Waals surface area contributed by atoms with Gasteiger partial charge in [0.05, 0.1) is 5.69 Å². The summed E-state index contributed by atoms with van der Waals surface area (Å²) in [5.41, 5.74) is 13.7. The number of nitrogens with one attached hydrogen (secondary N) is 1. The van der Waals surface area contributed by atoms with Gasteiger partial charge in [0, 0.05) is 12.2 Å². The second-order valence-electron chi connectivity index (χ2n) is 9.03. The van der Waals surface area contributed by atoms with Crippen LogP contribution in [-0.2, 0) is 4.79 Å². The van der Waals surface area contributed by atoms with Crippen LogP contribution in [0.1, 0.15) is 63.2 Å². The highest BCUT2D eigenvalue weighted by Crippen LogP contribution is 2.35. The minimum atomic E-state index is -1.15. The molecule has 0 radical (unpaired) electrons. The largest absolute Gasteiger partial charge is 0.395 e. The zero-order chi connectivity index (χ0) is 26.6. The molecular weight excluding hydrogens is 481 g/mol. The lowest BCUT2D eigenvalue weighted by Crippen LogP contribution is -2.44. The van der Waals surface area contributed by atoms with Gasteiger partial charge in [-0.3, -0.25) is 19.3 Å². The van der Waals surface area contributed by atoms with Crippen molar-refractivity contribution in [1.82, 2.24) is 9.69 Å². The van der Waals surface area contributed by atoms with Crippen molar-refractivity contribution in [3.63, 3.8) is 0 Å². The topological polar surface area (TPSA) is 131 Å². The van der Waals surface area contributed by atoms with Gasteiger partial charge in [0.15, 0.2) is 5.69 Å². The lowest BCUT2D eigenvalue weighted by Gasteiger charge is -2.32. The molecule has 0 bridgehead atoms. The average molecular weight is 512 g/mol. The Kier molecular flexibility index (Phi) is 8.41. The molecule has 0 saturated carbocycles. The Morgan fingerprint density at radius 2 is 1.78 bits per heavy atom. The number of nitrogens with zero attached hydrogens (tertiary/aromatic N) is 2. The molecule has 0 saturated heterocycles. The van der Waals surface area contributed by atoms with Crippen molar-refractivity contribution in [2.75, 3.05) is 17.2 Å². The number of primary amides is 1. The minimum absolute atomic E-state index is 0.0223. The van der Waals surface area contributed by atoms with Crippen molar-refractivity contribution < 1.29 is 18.8 Å². The van der Waals surface area contributed by atoms with E-state index < -0.39 is 29.6 Å². The maximum Gasteiger partial charge on any atom is 0.273 e. The van der Waals surface area contributed by atoms with E-state index in [-0.39, 0.29) is 16.3 Å². The van der Waals surface area contributed by atoms with Gasteiger partial charge in [-0.25, -0.2) is 4.39 Å². The maximum absolute atomic E-state index is 14.0. The van der Waals surface area contributed by atoms with Crippen LogP contribution in [0.2, 0.25) is 0 Å². The van der Waals surface area contributed by atoms with Gasteiger partial charge in [-0.15, -0.1) is 0 Å². The van der Waals surface area contributed by atoms with Gasteiger partial charge in [0.1, 0.15) is 16.7 Å². The van der Waals surface area contributed by atoms with Crippen LogP contribution in [0, 0.1) is 25.6 Å². The van der Waals surface area contributed by atoms with Crippen LogP contribution in [0.25, 0.3) is 0 Å². The third kappa shape index (κ3) is 5.88. The Morgan fingerprint density at radius 3 is 2.33 bits per heavy atom. The van der Waals surface area contributed by atoms with Gasteiger partial charge < -0.3 is 16.8 Å². The Labute approximate surface area is 213 Å². The third-order valence-electron chi connectivity index (χ3n) is 5.70. The summed E-state index contributed by atoms with van der Waals surface area (Å²) in [4.78, 5) is 40.7. The molecule has 3 amide bonds. The fraction of sp³-hybridized carbons (Fsp3) is 0.308. The predicted molar refractivity (Wildman–Crippen MR) is 139 cm³/mol. The van der Waals surface area contributed by atoms with Crippen LogP contribution in [-0.4, -0.2) is 28.6 Å². The molecule has 3 aromatic rings. The number of rotatable bonds is 9. The van der Waals surface area contributed by atoms with E-state index in [1.54, 1.807) is 6.07 Å². The molecule has 1 atom stereocenters. The predicted octanol–water partition coefficient (Wildman–Crippen LogP) is 4.13. The SMILES string of the molecule is Cc1ccc(N(C(=O)c2snc(C(N)=O)c2N)[C@H](C(=O)NCCC(C)C)c2ccc(F)cc2)c(C)c1. The van der Waals surface area contributed by atoms with Gasteiger partial charge in [-0.05, 0) is 67.0 Å². The lowest BCUT2D eigenvalue weighted by molar-refractivity contribution is -0.122. The number of aromatic nitrogens is 1. The standard InChI is InChI=1S/C26H30FN5O3S/c1-14(2)11-12-30-25(34)22(17-6-8-18(27)9-7-17)32(19-10-5-15(3)13-16(19)4)26(35)23-20(28)21(24(29)33)31-36-23/h5-10,13-14,22H,11-12,28H2,1-4H3,(H2,29,33)(H,30,34)/t22-/m0/s1. The number of carbonyl (C=O) groups is 3. The summed E-state index contributed by atoms with van der Waals surface area (Å²) in [6.45, 7) is 8.22. The van der Waals surface area contributed by atoms with E-state index in [9.17, 15) is 18.8 Å². The number of hydrogen-bond donors (Lipinski definition) is 3. The molecule has 3 rings (SSSR count). The first-order valence-corrected chi connectivity index (χ1v) is 12.3. The van der Waals surface area contributed by atoms with Gasteiger partial charge in [0.25, 0.3) is 11.8 Å². The highest BCUT2D eigenvalue weighted by molar-refractivity contribution is 7.09. The Morgan fingerprint density at radius 1 is 1.11 bits per heavy atom. The molecule has 1 aromatic heterocycles. The lowest BCUT2D eigenvalue weighted by atomic mass is 10.0. The van der Waals surface area contributed by atoms with Crippen LogP contribution < -0.4 is 21.7 Å². The summed E-state index contributed by atoms with van der Waals surface area (Å²) >= 11 is 0.734. The van der Waals surface area contributed by atoms with Crippen molar-refractivity contribution in [3.05, 3.63) is 75.5 Å². The Hall–Kier alpha value is -3.79. The first kappa shape index (κ1) is 26.8. The molecule has 10 heteroatoms. The van der Waals surface area contributed by atoms with Gasteiger partial charge in [-0.2, -0.15) is 4.37 Å². The number of hydrogen-bond acceptors (Lipinski definition) is 6. The van der Waals surface area contributed by atoms with Crippen molar-refractivity contribution in [1.29, 1.82) is 0 Å². The molecule has 0 fully saturated rings. The molecule has 0 unspecified atom stereocenters. The van der Waals surface area contributed by atoms with Crippen LogP contribution in [0.4, 0.5) is 15.8 Å². The minimum Gasteiger partial charge on any atom is -0.395 e. The highest BCUT2D eigenvalue weighted by atomic mass is 32.1. The molecule has 36 heavy (non-hydrogen) atoms. The summed E-state index contributed by atoms with van der Waals surface area (Å²) in [6.07, 6.45) is 0.739. The molecular formula is C26H30FN5O3S. The van der Waals surface area contributed by atoms with Crippen LogP contribution in [0.15, 0.2) is 42.5 Å². The van der Waals surface area contributed by atoms with Crippen molar-refractivity contribution in [3.8, 4) is 0 Å². The molecule has 5 N–H and O–H groups in total. The van der Waals surface area contributed by atoms with Crippen LogP contribution >= 0.6 is 11.5 Å². The highest BCUT2D eigenvalue weighted by Gasteiger charge is 2.36. The van der Waals surface area contributed by atoms with Crippen molar-refractivity contribution in [2.45, 2.75) is 40.2 Å². The molecule has 0 aliphatic heterocycles. The molecule has 8 nitrogen and oxygen atoms in total. The van der Waals surface area contributed by atoms with Gasteiger partial charge in [0.2, 0.25) is 5.91 Å². The van der Waals surface area contributed by atoms with E-state index in [1.807, 2.05) is 39.8 Å². The van der Waals surface area contributed by atoms with E-state index >= 15 is 0 Å². The fourth-order valence-electron chi connectivity index (χ4n) is 3.82. The number of carbonyl (C=O) groups excluding carboxylic acids is 3. The Bertz CT molecular complexity index is 1270. The van der Waals surface area contributed by atoms with Crippen molar-refractivity contribution in [2.24, 2.45) is 11.7 Å². The van der Waals surface area contributed by atoms with Crippen LogP contribution in [0.3, 0.4) is 0 Å². The van der Waals surface area contributed by atoms with Gasteiger partial charge in [-0.1, -0.05) is 43.7 Å². The number of nitrogen functional groups attached to an aromatic ring is 1. The summed E-state index contributed by atoms with van der Waals surface area (Å²) in [5.74, 6) is -2.04. The molecule has 190 valence electrons. The number of aryl methyl sites for hydroxylation is 2. The van der Waals surface area contributed by atoms with E-state index in [2.05, 4.69) is 9.69 Å². The number of benzene rings is 2. The van der Waals surface area contributed by atoms with E-state index in [0.29, 0.717) is 23.7 Å². The second-order valence-corrected chi connectivity index (χ2v) is 9.80. The Balaban J connectivity index is 2.19. The van der Waals surface area contributed by atoms with E-state index in [0.717, 1.165) is 29.1 Å². The number of anilines is 2. The smallest absolute Gasteiger partial charge is 0.273 e. The average Bonchev–Trinajstić information content (AvgIpc) is 3.19. The first-order valence-electron chi connectivity index (χ1n) is 11.5. The quantitative estimate of drug-likeness (QED) is 0.397. The molecule has 0 spiro atoms. The van der Waals surface area contributed by atoms with E-state index in [4.69, 9.17) is 11.5 Å². The fourth-order valence-corrected chi connectivity index (χ4v) is 4.57. The number of nitrogens with two attached hydrogens (primary N) is 2. The first-order chi connectivity index (χ1) is 17.0. The third-order valence-corrected chi connectivity index (χ3v) is 6.55. The van der Waals surface area contributed by atoms with E-state index in [1.165, 1.54) is 29.2 Å². The zero-order valence-corrected chi connectivity index (χ0v) is 21.5. The summed E-state index contributed by atoms with van der Waals surface area (Å²) in [5, 5.41) is 2.91. The molecule has 2 aromatic carbocycles. The molecule has 1 heterocycles. The summed E-state index contributed by atoms with van der Waals surface area (Å²) in [6, 6.07) is 9.72. The second kappa shape index (κ2) is 11.3. The summed E-state index contributed by atoms with van der Waals surface area (Å²) in [7, 11) is 0. The number of amides is 3. The molecule has 0 aliphatic rings. The maximum atomic E-state index is 14.0. The number of halogens is 1. The van der Waals surface area contributed by atoms with Crippen LogP contribution in [0.5, 0.6) is 0 Å². The normalized spacial score (nSPS) is 11.8. The molecule has 0 aliphatic carbocycles. The zero-order valence-electron chi connectivity index (χ0n) is 20.7.